The first-order chi connectivity index (χ1) is 11.2. The maximum atomic E-state index is 5.93. The average molecular weight is 311 g/mol. The van der Waals surface area contributed by atoms with Crippen molar-refractivity contribution in [2.75, 3.05) is 18.5 Å². The highest BCUT2D eigenvalue weighted by molar-refractivity contribution is 5.83. The fourth-order valence-electron chi connectivity index (χ4n) is 3.31. The van der Waals surface area contributed by atoms with E-state index in [1.54, 1.807) is 0 Å². The molecule has 2 N–H and O–H groups in total. The molecule has 0 aliphatic carbocycles. The van der Waals surface area contributed by atoms with Crippen molar-refractivity contribution in [1.29, 1.82) is 0 Å². The fourth-order valence-corrected chi connectivity index (χ4v) is 3.31. The molecule has 6 heteroatoms. The van der Waals surface area contributed by atoms with Gasteiger partial charge in [-0.3, -0.25) is 5.10 Å². The molecule has 0 bridgehead atoms. The Morgan fingerprint density at radius 3 is 3.17 bits per heavy atom. The van der Waals surface area contributed by atoms with Gasteiger partial charge < -0.3 is 14.6 Å². The number of hydrogen-bond donors (Lipinski definition) is 2. The number of anilines is 1. The van der Waals surface area contributed by atoms with Gasteiger partial charge in [-0.05, 0) is 31.0 Å². The summed E-state index contributed by atoms with van der Waals surface area (Å²) >= 11 is 0. The van der Waals surface area contributed by atoms with Crippen molar-refractivity contribution >= 4 is 16.6 Å². The molecule has 1 aliphatic heterocycles. The Hall–Kier alpha value is -2.34. The summed E-state index contributed by atoms with van der Waals surface area (Å²) in [4.78, 5) is 4.45. The quantitative estimate of drug-likeness (QED) is 0.777. The number of imidazole rings is 1. The van der Waals surface area contributed by atoms with Crippen LogP contribution in [0.5, 0.6) is 0 Å². The van der Waals surface area contributed by atoms with Crippen LogP contribution in [0.2, 0.25) is 0 Å². The van der Waals surface area contributed by atoms with Crippen LogP contribution in [-0.4, -0.2) is 32.9 Å². The molecule has 2 aromatic heterocycles. The number of benzene rings is 1. The first-order valence-electron chi connectivity index (χ1n) is 7.99. The number of fused-ring (bicyclic) bond motifs is 1. The summed E-state index contributed by atoms with van der Waals surface area (Å²) in [5.41, 5.74) is 3.45. The second kappa shape index (κ2) is 5.70. The minimum atomic E-state index is 0.0699. The van der Waals surface area contributed by atoms with Crippen molar-refractivity contribution in [2.24, 2.45) is 13.0 Å². The smallest absolute Gasteiger partial charge is 0.138 e. The molecule has 1 saturated heterocycles. The highest BCUT2D eigenvalue weighted by atomic mass is 16.5. The van der Waals surface area contributed by atoms with Crippen LogP contribution in [0.15, 0.2) is 30.7 Å². The van der Waals surface area contributed by atoms with Gasteiger partial charge in [0.15, 0.2) is 0 Å². The third-order valence-electron chi connectivity index (χ3n) is 4.67. The third-order valence-corrected chi connectivity index (χ3v) is 4.67. The number of nitrogens with one attached hydrogen (secondary N) is 2. The minimum absolute atomic E-state index is 0.0699. The SMILES string of the molecule is Cc1cc2[nH]ncc2cc1NC[C@@H]1CCO[C@H]1c1nccn1C. The summed E-state index contributed by atoms with van der Waals surface area (Å²) in [7, 11) is 2.02. The number of rotatable bonds is 4. The van der Waals surface area contributed by atoms with Gasteiger partial charge in [-0.15, -0.1) is 0 Å². The number of aromatic nitrogens is 4. The second-order valence-corrected chi connectivity index (χ2v) is 6.24. The Labute approximate surface area is 134 Å². The van der Waals surface area contributed by atoms with Crippen molar-refractivity contribution in [1.82, 2.24) is 19.7 Å². The van der Waals surface area contributed by atoms with Crippen LogP contribution >= 0.6 is 0 Å². The zero-order valence-electron chi connectivity index (χ0n) is 13.4. The van der Waals surface area contributed by atoms with Crippen LogP contribution in [0.25, 0.3) is 10.9 Å². The van der Waals surface area contributed by atoms with Crippen LogP contribution in [0.4, 0.5) is 5.69 Å². The summed E-state index contributed by atoms with van der Waals surface area (Å²) in [5, 5.41) is 11.8. The molecule has 1 aromatic carbocycles. The Morgan fingerprint density at radius 1 is 1.43 bits per heavy atom. The highest BCUT2D eigenvalue weighted by Gasteiger charge is 2.32. The van der Waals surface area contributed by atoms with Gasteiger partial charge in [0.2, 0.25) is 0 Å². The lowest BCUT2D eigenvalue weighted by atomic mass is 10.0. The summed E-state index contributed by atoms with van der Waals surface area (Å²) in [6.07, 6.45) is 6.78. The normalized spacial score (nSPS) is 21.1. The van der Waals surface area contributed by atoms with Gasteiger partial charge >= 0.3 is 0 Å². The lowest BCUT2D eigenvalue weighted by molar-refractivity contribution is 0.0839. The number of nitrogens with zero attached hydrogens (tertiary/aromatic N) is 3. The number of aryl methyl sites for hydroxylation is 2. The molecular weight excluding hydrogens is 290 g/mol. The van der Waals surface area contributed by atoms with E-state index in [0.29, 0.717) is 5.92 Å². The predicted molar refractivity (Wildman–Crippen MR) is 89.3 cm³/mol. The summed E-state index contributed by atoms with van der Waals surface area (Å²) in [6.45, 7) is 3.79. The molecule has 0 saturated carbocycles. The molecule has 6 nitrogen and oxygen atoms in total. The number of ether oxygens (including phenoxy) is 1. The molecule has 0 unspecified atom stereocenters. The first-order valence-corrected chi connectivity index (χ1v) is 7.99. The lowest BCUT2D eigenvalue weighted by Gasteiger charge is -2.20. The van der Waals surface area contributed by atoms with Crippen LogP contribution in [-0.2, 0) is 11.8 Å². The predicted octanol–water partition coefficient (Wildman–Crippen LogP) is 2.79. The van der Waals surface area contributed by atoms with E-state index < -0.39 is 0 Å². The van der Waals surface area contributed by atoms with E-state index in [0.717, 1.165) is 42.0 Å². The van der Waals surface area contributed by atoms with Gasteiger partial charge in [-0.1, -0.05) is 0 Å². The third kappa shape index (κ3) is 2.59. The molecule has 4 rings (SSSR count). The number of aromatic amines is 1. The van der Waals surface area contributed by atoms with E-state index in [1.807, 2.05) is 30.2 Å². The molecule has 1 aliphatic rings. The van der Waals surface area contributed by atoms with Crippen molar-refractivity contribution in [3.8, 4) is 0 Å². The minimum Gasteiger partial charge on any atom is -0.384 e. The van der Waals surface area contributed by atoms with Crippen LogP contribution in [0, 0.1) is 12.8 Å². The monoisotopic (exact) mass is 311 g/mol. The van der Waals surface area contributed by atoms with Crippen LogP contribution in [0.3, 0.4) is 0 Å². The molecule has 2 atom stereocenters. The zero-order valence-corrected chi connectivity index (χ0v) is 13.4. The molecule has 1 fully saturated rings. The largest absolute Gasteiger partial charge is 0.384 e. The van der Waals surface area contributed by atoms with Crippen LogP contribution < -0.4 is 5.32 Å². The van der Waals surface area contributed by atoms with E-state index >= 15 is 0 Å². The average Bonchev–Trinajstić information content (AvgIpc) is 3.24. The lowest BCUT2D eigenvalue weighted by Crippen LogP contribution is -2.20. The van der Waals surface area contributed by atoms with Crippen molar-refractivity contribution in [3.63, 3.8) is 0 Å². The molecule has 0 spiro atoms. The molecule has 120 valence electrons. The Kier molecular flexibility index (Phi) is 3.53. The van der Waals surface area contributed by atoms with Crippen molar-refractivity contribution in [2.45, 2.75) is 19.4 Å². The van der Waals surface area contributed by atoms with E-state index in [2.05, 4.69) is 39.6 Å². The van der Waals surface area contributed by atoms with Gasteiger partial charge in [0.1, 0.15) is 11.9 Å². The zero-order chi connectivity index (χ0) is 15.8. The van der Waals surface area contributed by atoms with E-state index in [9.17, 15) is 0 Å². The molecule has 0 radical (unpaired) electrons. The Balaban J connectivity index is 1.51. The number of hydrogen-bond acceptors (Lipinski definition) is 4. The van der Waals surface area contributed by atoms with Gasteiger partial charge in [0, 0.05) is 49.6 Å². The van der Waals surface area contributed by atoms with E-state index in [1.165, 1.54) is 5.56 Å². The first kappa shape index (κ1) is 14.3. The second-order valence-electron chi connectivity index (χ2n) is 6.24. The molecule has 3 heterocycles. The maximum Gasteiger partial charge on any atom is 0.138 e. The van der Waals surface area contributed by atoms with Crippen molar-refractivity contribution in [3.05, 3.63) is 42.1 Å². The summed E-state index contributed by atoms with van der Waals surface area (Å²) in [5.74, 6) is 1.44. The van der Waals surface area contributed by atoms with Gasteiger partial charge in [-0.25, -0.2) is 4.98 Å². The van der Waals surface area contributed by atoms with Crippen LogP contribution in [0.1, 0.15) is 23.9 Å². The molecule has 3 aromatic rings. The van der Waals surface area contributed by atoms with Gasteiger partial charge in [0.05, 0.1) is 11.7 Å². The Bertz CT molecular complexity index is 821. The molecule has 23 heavy (non-hydrogen) atoms. The topological polar surface area (TPSA) is 67.8 Å². The van der Waals surface area contributed by atoms with Gasteiger partial charge in [-0.2, -0.15) is 5.10 Å². The molecular formula is C17H21N5O. The van der Waals surface area contributed by atoms with E-state index in [-0.39, 0.29) is 6.10 Å². The fraction of sp³-hybridized carbons (Fsp3) is 0.412. The standard InChI is InChI=1S/C17H21N5O/c1-11-7-15-13(10-20-21-15)8-14(11)19-9-12-3-6-23-16(12)17-18-4-5-22(17)2/h4-5,7-8,10,12,16,19H,3,6,9H2,1-2H3,(H,20,21)/t12-,16+/m0/s1. The highest BCUT2D eigenvalue weighted by Crippen LogP contribution is 2.34. The maximum absolute atomic E-state index is 5.93. The Morgan fingerprint density at radius 2 is 2.35 bits per heavy atom. The van der Waals surface area contributed by atoms with E-state index in [4.69, 9.17) is 4.74 Å². The van der Waals surface area contributed by atoms with Gasteiger partial charge in [0.25, 0.3) is 0 Å². The van der Waals surface area contributed by atoms with Crippen molar-refractivity contribution < 1.29 is 4.74 Å². The number of H-pyrrole nitrogens is 1. The summed E-state index contributed by atoms with van der Waals surface area (Å²) < 4.78 is 7.98. The molecule has 0 amide bonds. The summed E-state index contributed by atoms with van der Waals surface area (Å²) in [6, 6.07) is 4.28.